The van der Waals surface area contributed by atoms with E-state index in [1.165, 1.54) is 5.39 Å². The van der Waals surface area contributed by atoms with Gasteiger partial charge in [0, 0.05) is 48.3 Å². The summed E-state index contributed by atoms with van der Waals surface area (Å²) >= 11 is 0. The molecule has 0 atom stereocenters. The first-order valence-electron chi connectivity index (χ1n) is 8.31. The third kappa shape index (κ3) is 2.95. The predicted octanol–water partition coefficient (Wildman–Crippen LogP) is 2.96. The molecule has 0 spiro atoms. The van der Waals surface area contributed by atoms with Gasteiger partial charge in [0.15, 0.2) is 0 Å². The maximum absolute atomic E-state index is 9.60. The van der Waals surface area contributed by atoms with E-state index in [1.54, 1.807) is 0 Å². The van der Waals surface area contributed by atoms with Crippen molar-refractivity contribution in [1.82, 2.24) is 15.0 Å². The molecule has 3 heterocycles. The number of piperidine rings is 1. The molecular formula is C19H20N4O. The molecule has 5 nitrogen and oxygen atoms in total. The monoisotopic (exact) mass is 320 g/mol. The van der Waals surface area contributed by atoms with Crippen LogP contribution in [0, 0.1) is 6.92 Å². The van der Waals surface area contributed by atoms with Crippen LogP contribution in [-0.4, -0.2) is 39.3 Å². The Kier molecular flexibility index (Phi) is 3.86. The van der Waals surface area contributed by atoms with Crippen molar-refractivity contribution < 1.29 is 5.11 Å². The zero-order valence-electron chi connectivity index (χ0n) is 13.7. The molecule has 0 aliphatic carbocycles. The Labute approximate surface area is 141 Å². The molecule has 3 aromatic rings. The molecule has 0 saturated carbocycles. The zero-order chi connectivity index (χ0) is 16.5. The predicted molar refractivity (Wildman–Crippen MR) is 95.0 cm³/mol. The van der Waals surface area contributed by atoms with E-state index in [2.05, 4.69) is 44.1 Å². The summed E-state index contributed by atoms with van der Waals surface area (Å²) in [5.41, 5.74) is 3.12. The van der Waals surface area contributed by atoms with Crippen molar-refractivity contribution in [1.29, 1.82) is 0 Å². The number of hydrogen-bond acceptors (Lipinski definition) is 5. The number of pyridine rings is 1. The molecule has 1 aliphatic heterocycles. The SMILES string of the molecule is Cc1cc2cc(-c3cnc(N4CCC(O)CC4)nc3)ccc2cn1. The number of hydrogen-bond donors (Lipinski definition) is 1. The van der Waals surface area contributed by atoms with E-state index in [1.807, 2.05) is 25.5 Å². The topological polar surface area (TPSA) is 62.1 Å². The van der Waals surface area contributed by atoms with Crippen LogP contribution in [0.5, 0.6) is 0 Å². The lowest BCUT2D eigenvalue weighted by molar-refractivity contribution is 0.145. The van der Waals surface area contributed by atoms with Crippen LogP contribution >= 0.6 is 0 Å². The third-order valence-corrected chi connectivity index (χ3v) is 4.58. The molecule has 1 aliphatic rings. The number of aryl methyl sites for hydroxylation is 1. The normalized spacial score (nSPS) is 15.8. The lowest BCUT2D eigenvalue weighted by Gasteiger charge is -2.29. The van der Waals surface area contributed by atoms with Crippen LogP contribution in [0.2, 0.25) is 0 Å². The van der Waals surface area contributed by atoms with E-state index in [4.69, 9.17) is 0 Å². The maximum atomic E-state index is 9.60. The lowest BCUT2D eigenvalue weighted by atomic mass is 10.0. The summed E-state index contributed by atoms with van der Waals surface area (Å²) in [6.45, 7) is 3.62. The first-order chi connectivity index (χ1) is 11.7. The van der Waals surface area contributed by atoms with Gasteiger partial charge in [-0.15, -0.1) is 0 Å². The van der Waals surface area contributed by atoms with Crippen molar-refractivity contribution in [3.63, 3.8) is 0 Å². The van der Waals surface area contributed by atoms with Crippen molar-refractivity contribution in [2.75, 3.05) is 18.0 Å². The first-order valence-corrected chi connectivity index (χ1v) is 8.31. The quantitative estimate of drug-likeness (QED) is 0.786. The van der Waals surface area contributed by atoms with E-state index in [9.17, 15) is 5.11 Å². The molecule has 122 valence electrons. The number of rotatable bonds is 2. The standard InChI is InChI=1S/C19H20N4O/c1-13-8-16-9-14(2-3-15(16)10-20-13)17-11-21-19(22-12-17)23-6-4-18(24)5-7-23/h2-3,8-12,18,24H,4-7H2,1H3. The van der Waals surface area contributed by atoms with Crippen molar-refractivity contribution in [2.45, 2.75) is 25.9 Å². The average molecular weight is 320 g/mol. The molecule has 0 radical (unpaired) electrons. The van der Waals surface area contributed by atoms with Crippen LogP contribution in [0.1, 0.15) is 18.5 Å². The van der Waals surface area contributed by atoms with Gasteiger partial charge in [0.2, 0.25) is 5.95 Å². The molecule has 0 bridgehead atoms. The molecule has 0 amide bonds. The van der Waals surface area contributed by atoms with Crippen LogP contribution in [-0.2, 0) is 0 Å². The number of benzene rings is 1. The fourth-order valence-electron chi connectivity index (χ4n) is 3.13. The molecule has 2 aromatic heterocycles. The summed E-state index contributed by atoms with van der Waals surface area (Å²) in [6, 6.07) is 8.40. The Morgan fingerprint density at radius 1 is 0.917 bits per heavy atom. The molecule has 24 heavy (non-hydrogen) atoms. The van der Waals surface area contributed by atoms with Gasteiger partial charge >= 0.3 is 0 Å². The van der Waals surface area contributed by atoms with Crippen LogP contribution in [0.25, 0.3) is 21.9 Å². The largest absolute Gasteiger partial charge is 0.393 e. The Morgan fingerprint density at radius 2 is 1.67 bits per heavy atom. The molecule has 1 N–H and O–H groups in total. The van der Waals surface area contributed by atoms with Crippen molar-refractivity contribution in [2.24, 2.45) is 0 Å². The first kappa shape index (κ1) is 15.0. The number of anilines is 1. The number of aromatic nitrogens is 3. The van der Waals surface area contributed by atoms with Crippen LogP contribution in [0.4, 0.5) is 5.95 Å². The van der Waals surface area contributed by atoms with Gasteiger partial charge in [-0.1, -0.05) is 12.1 Å². The van der Waals surface area contributed by atoms with Crippen LogP contribution in [0.15, 0.2) is 42.9 Å². The van der Waals surface area contributed by atoms with Gasteiger partial charge in [-0.05, 0) is 42.8 Å². The van der Waals surface area contributed by atoms with Crippen molar-refractivity contribution >= 4 is 16.7 Å². The number of aliphatic hydroxyl groups excluding tert-OH is 1. The van der Waals surface area contributed by atoms with E-state index in [0.717, 1.165) is 54.1 Å². The highest BCUT2D eigenvalue weighted by Crippen LogP contribution is 2.25. The minimum Gasteiger partial charge on any atom is -0.393 e. The highest BCUT2D eigenvalue weighted by atomic mass is 16.3. The fourth-order valence-corrected chi connectivity index (χ4v) is 3.13. The smallest absolute Gasteiger partial charge is 0.225 e. The second-order valence-electron chi connectivity index (χ2n) is 6.38. The number of fused-ring (bicyclic) bond motifs is 1. The summed E-state index contributed by atoms with van der Waals surface area (Å²) in [6.07, 6.45) is 7.03. The second-order valence-corrected chi connectivity index (χ2v) is 6.38. The molecule has 1 saturated heterocycles. The highest BCUT2D eigenvalue weighted by Gasteiger charge is 2.18. The van der Waals surface area contributed by atoms with E-state index < -0.39 is 0 Å². The second kappa shape index (κ2) is 6.17. The minimum absolute atomic E-state index is 0.184. The van der Waals surface area contributed by atoms with Gasteiger partial charge in [0.25, 0.3) is 0 Å². The van der Waals surface area contributed by atoms with Gasteiger partial charge in [-0.25, -0.2) is 9.97 Å². The molecular weight excluding hydrogens is 300 g/mol. The van der Waals surface area contributed by atoms with Crippen molar-refractivity contribution in [3.05, 3.63) is 48.5 Å². The maximum Gasteiger partial charge on any atom is 0.225 e. The van der Waals surface area contributed by atoms with Crippen molar-refractivity contribution in [3.8, 4) is 11.1 Å². The molecule has 1 aromatic carbocycles. The summed E-state index contributed by atoms with van der Waals surface area (Å²) in [5.74, 6) is 0.742. The van der Waals surface area contributed by atoms with E-state index in [-0.39, 0.29) is 6.10 Å². The molecule has 1 fully saturated rings. The summed E-state index contributed by atoms with van der Waals surface area (Å²) in [7, 11) is 0. The lowest BCUT2D eigenvalue weighted by Crippen LogP contribution is -2.36. The Bertz CT molecular complexity index is 855. The highest BCUT2D eigenvalue weighted by molar-refractivity contribution is 5.86. The average Bonchev–Trinajstić information content (AvgIpc) is 2.62. The Hall–Kier alpha value is -2.53. The van der Waals surface area contributed by atoms with Gasteiger partial charge in [0.1, 0.15) is 0 Å². The molecule has 4 rings (SSSR count). The van der Waals surface area contributed by atoms with E-state index >= 15 is 0 Å². The molecule has 5 heteroatoms. The zero-order valence-corrected chi connectivity index (χ0v) is 13.7. The summed E-state index contributed by atoms with van der Waals surface area (Å²) < 4.78 is 0. The Balaban J connectivity index is 1.60. The number of nitrogens with zero attached hydrogens (tertiary/aromatic N) is 4. The minimum atomic E-state index is -0.184. The Morgan fingerprint density at radius 3 is 2.42 bits per heavy atom. The van der Waals surface area contributed by atoms with E-state index in [0.29, 0.717) is 0 Å². The summed E-state index contributed by atoms with van der Waals surface area (Å²) in [4.78, 5) is 15.5. The summed E-state index contributed by atoms with van der Waals surface area (Å²) in [5, 5.41) is 11.9. The fraction of sp³-hybridized carbons (Fsp3) is 0.316. The van der Waals surface area contributed by atoms with Crippen LogP contribution in [0.3, 0.4) is 0 Å². The van der Waals surface area contributed by atoms with Gasteiger partial charge < -0.3 is 10.0 Å². The van der Waals surface area contributed by atoms with Gasteiger partial charge in [-0.3, -0.25) is 4.98 Å². The van der Waals surface area contributed by atoms with Gasteiger partial charge in [0.05, 0.1) is 6.10 Å². The third-order valence-electron chi connectivity index (χ3n) is 4.58. The number of aliphatic hydroxyl groups is 1. The van der Waals surface area contributed by atoms with Gasteiger partial charge in [-0.2, -0.15) is 0 Å². The molecule has 0 unspecified atom stereocenters. The van der Waals surface area contributed by atoms with Crippen LogP contribution < -0.4 is 4.90 Å².